The van der Waals surface area contributed by atoms with E-state index >= 15 is 0 Å². The predicted octanol–water partition coefficient (Wildman–Crippen LogP) is 4.12. The molecule has 0 saturated heterocycles. The average molecular weight is 534 g/mol. The molecule has 1 atom stereocenters. The molecule has 0 unspecified atom stereocenters. The minimum Gasteiger partial charge on any atom is -0.618 e. The third-order valence-electron chi connectivity index (χ3n) is 8.17. The molecule has 1 aliphatic carbocycles. The number of hydrogen-bond acceptors (Lipinski definition) is 4. The van der Waals surface area contributed by atoms with Gasteiger partial charge < -0.3 is 20.4 Å². The van der Waals surface area contributed by atoms with Crippen molar-refractivity contribution in [3.63, 3.8) is 0 Å². The molecule has 1 aliphatic heterocycles. The van der Waals surface area contributed by atoms with E-state index < -0.39 is 12.2 Å². The van der Waals surface area contributed by atoms with Gasteiger partial charge in [0.25, 0.3) is 5.91 Å². The molecule has 8 nitrogen and oxygen atoms in total. The molecule has 39 heavy (non-hydrogen) atoms. The van der Waals surface area contributed by atoms with E-state index in [1.165, 1.54) is 6.20 Å². The zero-order valence-electron chi connectivity index (χ0n) is 22.7. The van der Waals surface area contributed by atoms with Gasteiger partial charge in [0, 0.05) is 44.0 Å². The second-order valence-electron chi connectivity index (χ2n) is 10.9. The third kappa shape index (κ3) is 5.68. The number of likely N-dealkylation sites (N-methyl/N-ethyl adjacent to an activating group) is 1. The predicted molar refractivity (Wildman–Crippen MR) is 148 cm³/mol. The normalized spacial score (nSPS) is 20.2. The average Bonchev–Trinajstić information content (AvgIpc) is 3.34. The summed E-state index contributed by atoms with van der Waals surface area (Å²) >= 11 is 0. The van der Waals surface area contributed by atoms with Crippen LogP contribution in [0.15, 0.2) is 48.7 Å². The van der Waals surface area contributed by atoms with Crippen molar-refractivity contribution in [2.75, 3.05) is 18.9 Å². The summed E-state index contributed by atoms with van der Waals surface area (Å²) in [7, 11) is 2.05. The number of halogens is 1. The summed E-state index contributed by atoms with van der Waals surface area (Å²) in [5.41, 5.74) is 5.54. The van der Waals surface area contributed by atoms with Gasteiger partial charge in [0.05, 0.1) is 5.56 Å². The first kappa shape index (κ1) is 26.9. The summed E-state index contributed by atoms with van der Waals surface area (Å²) in [6.07, 6.45) is 2.49. The number of pyridine rings is 1. The highest BCUT2D eigenvalue weighted by Crippen LogP contribution is 2.30. The van der Waals surface area contributed by atoms with Gasteiger partial charge in [-0.25, -0.2) is 4.39 Å². The van der Waals surface area contributed by atoms with Crippen LogP contribution in [-0.2, 0) is 17.9 Å². The Morgan fingerprint density at radius 3 is 2.46 bits per heavy atom. The third-order valence-corrected chi connectivity index (χ3v) is 8.17. The number of nitrogens with one attached hydrogen (secondary N) is 2. The van der Waals surface area contributed by atoms with Crippen molar-refractivity contribution in [1.29, 1.82) is 0 Å². The van der Waals surface area contributed by atoms with Gasteiger partial charge in [-0.15, -0.1) is 0 Å². The molecule has 2 N–H and O–H groups in total. The highest BCUT2D eigenvalue weighted by Gasteiger charge is 2.34. The first-order valence-corrected chi connectivity index (χ1v) is 13.6. The number of carbonyl (C=O) groups is 2. The summed E-state index contributed by atoms with van der Waals surface area (Å²) < 4.78 is 16.8. The van der Waals surface area contributed by atoms with Crippen LogP contribution in [0.4, 0.5) is 10.1 Å². The van der Waals surface area contributed by atoms with Crippen LogP contribution in [0.5, 0.6) is 0 Å². The quantitative estimate of drug-likeness (QED) is 0.368. The first-order valence-electron chi connectivity index (χ1n) is 13.6. The number of anilines is 1. The fourth-order valence-electron chi connectivity index (χ4n) is 5.91. The Balaban J connectivity index is 1.34. The van der Waals surface area contributed by atoms with Crippen LogP contribution in [0.1, 0.15) is 53.1 Å². The molecule has 2 amide bonds. The molecule has 1 aromatic carbocycles. The summed E-state index contributed by atoms with van der Waals surface area (Å²) in [6.45, 7) is 6.07. The lowest BCUT2D eigenvalue weighted by Crippen LogP contribution is -2.50. The number of amides is 2. The van der Waals surface area contributed by atoms with Gasteiger partial charge in [0.15, 0.2) is 11.9 Å². The van der Waals surface area contributed by atoms with Crippen LogP contribution in [0.25, 0.3) is 11.1 Å². The van der Waals surface area contributed by atoms with E-state index in [1.54, 1.807) is 25.1 Å². The molecule has 3 heterocycles. The van der Waals surface area contributed by atoms with E-state index in [0.717, 1.165) is 40.2 Å². The van der Waals surface area contributed by atoms with Crippen LogP contribution >= 0.6 is 0 Å². The molecule has 0 spiro atoms. The zero-order valence-corrected chi connectivity index (χ0v) is 22.7. The lowest BCUT2D eigenvalue weighted by atomic mass is 9.82. The van der Waals surface area contributed by atoms with Crippen LogP contribution < -0.4 is 15.4 Å². The van der Waals surface area contributed by atoms with E-state index in [9.17, 15) is 19.2 Å². The smallest absolute Gasteiger partial charge is 0.268 e. The van der Waals surface area contributed by atoms with E-state index in [0.29, 0.717) is 49.3 Å². The number of nitrogens with zero attached hydrogens (tertiary/aromatic N) is 3. The van der Waals surface area contributed by atoms with Gasteiger partial charge in [-0.1, -0.05) is 12.1 Å². The van der Waals surface area contributed by atoms with Gasteiger partial charge in [0.1, 0.15) is 17.9 Å². The number of aromatic nitrogens is 2. The highest BCUT2D eigenvalue weighted by molar-refractivity contribution is 6.01. The van der Waals surface area contributed by atoms with Crippen molar-refractivity contribution in [3.05, 3.63) is 76.5 Å². The molecule has 0 radical (unpaired) electrons. The maximum absolute atomic E-state index is 13.9. The Bertz CT molecular complexity index is 1360. The van der Waals surface area contributed by atoms with Crippen molar-refractivity contribution >= 4 is 17.5 Å². The van der Waals surface area contributed by atoms with Crippen molar-refractivity contribution in [3.8, 4) is 11.1 Å². The summed E-state index contributed by atoms with van der Waals surface area (Å²) in [6, 6.07) is 12.1. The molecular weight excluding hydrogens is 497 g/mol. The van der Waals surface area contributed by atoms with Crippen molar-refractivity contribution in [2.45, 2.75) is 64.8 Å². The maximum atomic E-state index is 13.9. The van der Waals surface area contributed by atoms with E-state index in [4.69, 9.17) is 0 Å². The van der Waals surface area contributed by atoms with E-state index in [-0.39, 0.29) is 17.7 Å². The summed E-state index contributed by atoms with van der Waals surface area (Å²) in [4.78, 5) is 29.2. The molecule has 0 bridgehead atoms. The van der Waals surface area contributed by atoms with Crippen molar-refractivity contribution in [1.82, 2.24) is 14.8 Å². The summed E-state index contributed by atoms with van der Waals surface area (Å²) in [5, 5.41) is 18.0. The van der Waals surface area contributed by atoms with Crippen molar-refractivity contribution < 1.29 is 18.7 Å². The van der Waals surface area contributed by atoms with Gasteiger partial charge in [0.2, 0.25) is 5.91 Å². The first-order chi connectivity index (χ1) is 18.7. The maximum Gasteiger partial charge on any atom is 0.268 e. The number of aryl methyl sites for hydroxylation is 1. The number of alkyl halides is 1. The second-order valence-corrected chi connectivity index (χ2v) is 10.9. The number of hydrogen-bond donors (Lipinski definition) is 2. The SMILES string of the molecule is Cc1cc[n+]([O-])c(C)c1-c1ccc(NC(=O)[C@@H](NC(=O)c2ccc3n2CCN(C)C3)C2CCC(F)CC2)cc1. The van der Waals surface area contributed by atoms with E-state index in [2.05, 4.69) is 15.5 Å². The lowest BCUT2D eigenvalue weighted by Gasteiger charge is -2.32. The fraction of sp³-hybridized carbons (Fsp3) is 0.433. The Labute approximate surface area is 228 Å². The van der Waals surface area contributed by atoms with Crippen LogP contribution in [0.3, 0.4) is 0 Å². The molecule has 1 fully saturated rings. The fourth-order valence-corrected chi connectivity index (χ4v) is 5.91. The molecule has 9 heteroatoms. The number of carbonyl (C=O) groups excluding carboxylic acids is 2. The van der Waals surface area contributed by atoms with Gasteiger partial charge in [-0.05, 0) is 81.0 Å². The van der Waals surface area contributed by atoms with Gasteiger partial charge >= 0.3 is 0 Å². The monoisotopic (exact) mass is 533 g/mol. The molecule has 3 aromatic rings. The molecule has 206 valence electrons. The summed E-state index contributed by atoms with van der Waals surface area (Å²) in [5.74, 6) is -0.748. The van der Waals surface area contributed by atoms with Gasteiger partial charge in [-0.3, -0.25) is 14.5 Å². The number of benzene rings is 1. The Hall–Kier alpha value is -3.72. The van der Waals surface area contributed by atoms with E-state index in [1.807, 2.05) is 42.8 Å². The minimum absolute atomic E-state index is 0.149. The van der Waals surface area contributed by atoms with Crippen LogP contribution in [-0.4, -0.2) is 47.1 Å². The minimum atomic E-state index is -0.861. The lowest BCUT2D eigenvalue weighted by molar-refractivity contribution is -0.611. The Morgan fingerprint density at radius 2 is 1.74 bits per heavy atom. The van der Waals surface area contributed by atoms with Crippen molar-refractivity contribution in [2.24, 2.45) is 5.92 Å². The number of rotatable bonds is 6. The Morgan fingerprint density at radius 1 is 1.03 bits per heavy atom. The second kappa shape index (κ2) is 11.2. The van der Waals surface area contributed by atoms with Crippen LogP contribution in [0, 0.1) is 25.0 Å². The van der Waals surface area contributed by atoms with Gasteiger partial charge in [-0.2, -0.15) is 4.73 Å². The topological polar surface area (TPSA) is 93.3 Å². The zero-order chi connectivity index (χ0) is 27.7. The largest absolute Gasteiger partial charge is 0.618 e. The standard InChI is InChI=1S/C30H36FN5O3/c1-19-14-15-36(39)20(2)27(19)21-6-10-24(11-7-21)32-30(38)28(22-4-8-23(31)9-5-22)33-29(37)26-13-12-25-18-34(3)16-17-35(25)26/h6-7,10-15,22-23,28H,4-5,8-9,16-18H2,1-3H3,(H,32,38)(H,33,37)/t22?,23?,28-/m0/s1. The molecule has 2 aliphatic rings. The molecule has 1 saturated carbocycles. The number of fused-ring (bicyclic) bond motifs is 1. The Kier molecular flexibility index (Phi) is 7.70. The molecule has 5 rings (SSSR count). The molecule has 2 aromatic heterocycles. The molecular formula is C30H36FN5O3. The highest BCUT2D eigenvalue weighted by atomic mass is 19.1. The van der Waals surface area contributed by atoms with Crippen LogP contribution in [0.2, 0.25) is 0 Å².